The van der Waals surface area contributed by atoms with E-state index in [1.165, 1.54) is 0 Å². The zero-order chi connectivity index (χ0) is 18.7. The maximum atomic E-state index is 13.1. The Labute approximate surface area is 153 Å². The van der Waals surface area contributed by atoms with Crippen molar-refractivity contribution in [3.8, 4) is 0 Å². The highest BCUT2D eigenvalue weighted by Gasteiger charge is 2.37. The molecule has 0 aromatic heterocycles. The number of hydrogen-bond donors (Lipinski definition) is 2. The van der Waals surface area contributed by atoms with Gasteiger partial charge in [-0.2, -0.15) is 0 Å². The number of rotatable bonds is 4. The fourth-order valence-corrected chi connectivity index (χ4v) is 3.76. The van der Waals surface area contributed by atoms with Gasteiger partial charge in [0.15, 0.2) is 6.04 Å². The SMILES string of the molecule is CCOC(=O)C1CC[NH+]([C@@H](C)C(=O)N2CC(=O)Nc3ccccc32)CC1. The molecule has 2 aliphatic heterocycles. The van der Waals surface area contributed by atoms with E-state index in [2.05, 4.69) is 5.32 Å². The Kier molecular flexibility index (Phi) is 5.56. The van der Waals surface area contributed by atoms with Crippen LogP contribution in [0.4, 0.5) is 11.4 Å². The maximum Gasteiger partial charge on any atom is 0.309 e. The summed E-state index contributed by atoms with van der Waals surface area (Å²) >= 11 is 0. The molecule has 2 amide bonds. The molecule has 1 saturated heterocycles. The summed E-state index contributed by atoms with van der Waals surface area (Å²) in [5.74, 6) is -0.438. The average molecular weight is 360 g/mol. The van der Waals surface area contributed by atoms with Gasteiger partial charge in [-0.05, 0) is 26.0 Å². The van der Waals surface area contributed by atoms with Gasteiger partial charge in [0, 0.05) is 12.8 Å². The van der Waals surface area contributed by atoms with Gasteiger partial charge in [0.2, 0.25) is 5.91 Å². The topological polar surface area (TPSA) is 80.2 Å². The molecule has 1 atom stereocenters. The van der Waals surface area contributed by atoms with E-state index < -0.39 is 0 Å². The number of quaternary nitrogens is 1. The lowest BCUT2D eigenvalue weighted by Gasteiger charge is -2.35. The number of carbonyl (C=O) groups excluding carboxylic acids is 3. The minimum Gasteiger partial charge on any atom is -0.466 e. The van der Waals surface area contributed by atoms with Crippen LogP contribution >= 0.6 is 0 Å². The van der Waals surface area contributed by atoms with E-state index in [-0.39, 0.29) is 36.3 Å². The van der Waals surface area contributed by atoms with Crippen LogP contribution in [-0.4, -0.2) is 50.1 Å². The fourth-order valence-electron chi connectivity index (χ4n) is 3.76. The Hall–Kier alpha value is -2.41. The molecule has 1 aromatic carbocycles. The Bertz CT molecular complexity index is 698. The van der Waals surface area contributed by atoms with Gasteiger partial charge in [-0.3, -0.25) is 19.3 Å². The van der Waals surface area contributed by atoms with Crippen LogP contribution in [0.25, 0.3) is 0 Å². The van der Waals surface area contributed by atoms with Crippen LogP contribution in [0.2, 0.25) is 0 Å². The number of para-hydroxylation sites is 2. The zero-order valence-electron chi connectivity index (χ0n) is 15.3. The molecular formula is C19H26N3O4+. The lowest BCUT2D eigenvalue weighted by molar-refractivity contribution is -0.919. The third kappa shape index (κ3) is 3.72. The van der Waals surface area contributed by atoms with Gasteiger partial charge in [-0.1, -0.05) is 12.1 Å². The smallest absolute Gasteiger partial charge is 0.309 e. The largest absolute Gasteiger partial charge is 0.466 e. The van der Waals surface area contributed by atoms with Gasteiger partial charge in [0.1, 0.15) is 6.54 Å². The first kappa shape index (κ1) is 18.4. The normalized spacial score (nSPS) is 23.6. The third-order valence-electron chi connectivity index (χ3n) is 5.27. The number of carbonyl (C=O) groups is 3. The molecule has 7 heteroatoms. The summed E-state index contributed by atoms with van der Waals surface area (Å²) < 4.78 is 5.10. The summed E-state index contributed by atoms with van der Waals surface area (Å²) in [4.78, 5) is 39.6. The number of hydrogen-bond acceptors (Lipinski definition) is 4. The average Bonchev–Trinajstić information content (AvgIpc) is 2.66. The Balaban J connectivity index is 1.66. The van der Waals surface area contributed by atoms with Gasteiger partial charge >= 0.3 is 5.97 Å². The molecule has 0 radical (unpaired) electrons. The highest BCUT2D eigenvalue weighted by Crippen LogP contribution is 2.29. The number of piperidine rings is 1. The third-order valence-corrected chi connectivity index (χ3v) is 5.27. The summed E-state index contributed by atoms with van der Waals surface area (Å²) in [5, 5.41) is 2.80. The number of amides is 2. The van der Waals surface area contributed by atoms with Crippen LogP contribution in [0.1, 0.15) is 26.7 Å². The van der Waals surface area contributed by atoms with Crippen LogP contribution < -0.4 is 15.1 Å². The predicted molar refractivity (Wildman–Crippen MR) is 96.9 cm³/mol. The molecule has 0 unspecified atom stereocenters. The zero-order valence-corrected chi connectivity index (χ0v) is 15.3. The predicted octanol–water partition coefficient (Wildman–Crippen LogP) is 0.218. The molecule has 0 aliphatic carbocycles. The van der Waals surface area contributed by atoms with Crippen molar-refractivity contribution < 1.29 is 24.0 Å². The first-order valence-corrected chi connectivity index (χ1v) is 9.22. The van der Waals surface area contributed by atoms with Crippen molar-refractivity contribution in [2.75, 3.05) is 36.5 Å². The molecule has 3 rings (SSSR count). The second kappa shape index (κ2) is 7.86. The minimum atomic E-state index is -0.267. The number of fused-ring (bicyclic) bond motifs is 1. The summed E-state index contributed by atoms with van der Waals surface area (Å²) in [6, 6.07) is 7.08. The van der Waals surface area contributed by atoms with Crippen molar-refractivity contribution in [2.24, 2.45) is 5.92 Å². The van der Waals surface area contributed by atoms with E-state index in [0.717, 1.165) is 36.5 Å². The summed E-state index contributed by atoms with van der Waals surface area (Å²) in [6.45, 7) is 5.65. The number of ether oxygens (including phenoxy) is 1. The molecular weight excluding hydrogens is 334 g/mol. The van der Waals surface area contributed by atoms with Crippen molar-refractivity contribution in [1.29, 1.82) is 0 Å². The van der Waals surface area contributed by atoms with Crippen molar-refractivity contribution in [3.05, 3.63) is 24.3 Å². The molecule has 2 aliphatic rings. The van der Waals surface area contributed by atoms with Gasteiger partial charge in [0.05, 0.1) is 37.0 Å². The second-order valence-electron chi connectivity index (χ2n) is 6.90. The Morgan fingerprint density at radius 2 is 2.00 bits per heavy atom. The fraction of sp³-hybridized carbons (Fsp3) is 0.526. The number of nitrogens with zero attached hydrogens (tertiary/aromatic N) is 1. The van der Waals surface area contributed by atoms with Gasteiger partial charge in [0.25, 0.3) is 5.91 Å². The molecule has 7 nitrogen and oxygen atoms in total. The van der Waals surface area contributed by atoms with Crippen molar-refractivity contribution >= 4 is 29.2 Å². The quantitative estimate of drug-likeness (QED) is 0.753. The molecule has 1 aromatic rings. The van der Waals surface area contributed by atoms with Crippen molar-refractivity contribution in [3.63, 3.8) is 0 Å². The van der Waals surface area contributed by atoms with E-state index in [4.69, 9.17) is 4.74 Å². The van der Waals surface area contributed by atoms with Crippen LogP contribution in [0, 0.1) is 5.92 Å². The number of benzene rings is 1. The van der Waals surface area contributed by atoms with Crippen LogP contribution in [-0.2, 0) is 19.1 Å². The van der Waals surface area contributed by atoms with Crippen LogP contribution in [0.3, 0.4) is 0 Å². The van der Waals surface area contributed by atoms with Crippen molar-refractivity contribution in [2.45, 2.75) is 32.7 Å². The van der Waals surface area contributed by atoms with Crippen LogP contribution in [0.5, 0.6) is 0 Å². The first-order chi connectivity index (χ1) is 12.5. The van der Waals surface area contributed by atoms with E-state index in [1.807, 2.05) is 32.0 Å². The lowest BCUT2D eigenvalue weighted by Crippen LogP contribution is -3.17. The molecule has 140 valence electrons. The number of esters is 1. The first-order valence-electron chi connectivity index (χ1n) is 9.22. The molecule has 26 heavy (non-hydrogen) atoms. The van der Waals surface area contributed by atoms with E-state index in [9.17, 15) is 14.4 Å². The number of nitrogens with one attached hydrogen (secondary N) is 2. The van der Waals surface area contributed by atoms with Gasteiger partial charge < -0.3 is 15.0 Å². The van der Waals surface area contributed by atoms with E-state index >= 15 is 0 Å². The van der Waals surface area contributed by atoms with Gasteiger partial charge in [-0.25, -0.2) is 0 Å². The van der Waals surface area contributed by atoms with Crippen LogP contribution in [0.15, 0.2) is 24.3 Å². The molecule has 0 bridgehead atoms. The molecule has 2 N–H and O–H groups in total. The lowest BCUT2D eigenvalue weighted by atomic mass is 9.96. The summed E-state index contributed by atoms with van der Waals surface area (Å²) in [5.41, 5.74) is 1.41. The van der Waals surface area contributed by atoms with E-state index in [1.54, 1.807) is 11.0 Å². The van der Waals surface area contributed by atoms with E-state index in [0.29, 0.717) is 12.3 Å². The summed E-state index contributed by atoms with van der Waals surface area (Å²) in [7, 11) is 0. The van der Waals surface area contributed by atoms with Crippen molar-refractivity contribution in [1.82, 2.24) is 0 Å². The van der Waals surface area contributed by atoms with Gasteiger partial charge in [-0.15, -0.1) is 0 Å². The molecule has 2 heterocycles. The monoisotopic (exact) mass is 360 g/mol. The Morgan fingerprint density at radius 3 is 2.69 bits per heavy atom. The maximum absolute atomic E-state index is 13.1. The minimum absolute atomic E-state index is 0.0406. The Morgan fingerprint density at radius 1 is 1.31 bits per heavy atom. The standard InChI is InChI=1S/C19H25N3O4/c1-3-26-19(25)14-8-10-21(11-9-14)13(2)18(24)22-12-17(23)20-15-6-4-5-7-16(15)22/h4-7,13-14H,3,8-12H2,1-2H3,(H,20,23)/p+1/t13-/m0/s1. The molecule has 1 fully saturated rings. The highest BCUT2D eigenvalue weighted by atomic mass is 16.5. The highest BCUT2D eigenvalue weighted by molar-refractivity contribution is 6.10. The second-order valence-corrected chi connectivity index (χ2v) is 6.90. The molecule has 0 spiro atoms. The number of likely N-dealkylation sites (tertiary alicyclic amines) is 1. The summed E-state index contributed by atoms with van der Waals surface area (Å²) in [6.07, 6.45) is 1.45. The molecule has 0 saturated carbocycles. The number of anilines is 2.